The molecule has 0 saturated heterocycles. The SMILES string of the molecule is C[C@@H]1C[C@H](n2c(Nc3ccc(OC(F)(F)F)cc3)nc3cc(OCC(=O)NCc4ncccc4F)ccc32)CC(C)(C)C1. The lowest BCUT2D eigenvalue weighted by Gasteiger charge is -2.40. The first kappa shape index (κ1) is 30.1. The molecule has 1 aliphatic carbocycles. The number of pyridine rings is 1. The molecule has 1 aliphatic rings. The van der Waals surface area contributed by atoms with E-state index in [-0.39, 0.29) is 36.1 Å². The third-order valence-electron chi connectivity index (χ3n) is 7.39. The van der Waals surface area contributed by atoms with Crippen LogP contribution in [-0.4, -0.2) is 33.4 Å². The quantitative estimate of drug-likeness (QED) is 0.196. The normalized spacial score (nSPS) is 18.3. The molecule has 2 aromatic heterocycles. The Labute approximate surface area is 246 Å². The fraction of sp³-hybridized carbons (Fsp3) is 0.387. The van der Waals surface area contributed by atoms with E-state index in [1.54, 1.807) is 12.1 Å². The number of alkyl halides is 3. The number of fused-ring (bicyclic) bond motifs is 1. The van der Waals surface area contributed by atoms with Crippen LogP contribution in [0.2, 0.25) is 0 Å². The standard InChI is InChI=1S/C31H33F4N5O3/c1-19-13-21(16-30(2,3)15-19)40-27-11-10-23(42-18-28(41)37-17-26-24(32)5-4-12-36-26)14-25(27)39-29(40)38-20-6-8-22(9-7-20)43-31(33,34)35/h4-12,14,19,21H,13,15-18H2,1-3H3,(H,37,41)(H,38,39)/t19-,21+/m1/s1. The summed E-state index contributed by atoms with van der Waals surface area (Å²) in [5.41, 5.74) is 2.28. The summed E-state index contributed by atoms with van der Waals surface area (Å²) in [5, 5.41) is 5.86. The Kier molecular flexibility index (Phi) is 8.48. The maximum Gasteiger partial charge on any atom is 0.573 e. The monoisotopic (exact) mass is 599 g/mol. The van der Waals surface area contributed by atoms with Gasteiger partial charge in [-0.3, -0.25) is 9.78 Å². The summed E-state index contributed by atoms with van der Waals surface area (Å²) in [6, 6.07) is 13.7. The number of carbonyl (C=O) groups is 1. The number of carbonyl (C=O) groups excluding carboxylic acids is 1. The zero-order valence-corrected chi connectivity index (χ0v) is 24.0. The van der Waals surface area contributed by atoms with Gasteiger partial charge in [0, 0.05) is 24.0 Å². The highest BCUT2D eigenvalue weighted by molar-refractivity contribution is 5.82. The molecule has 0 unspecified atom stereocenters. The van der Waals surface area contributed by atoms with E-state index in [1.807, 2.05) is 6.07 Å². The van der Waals surface area contributed by atoms with Crippen LogP contribution in [0.3, 0.4) is 0 Å². The van der Waals surface area contributed by atoms with Gasteiger partial charge in [0.25, 0.3) is 5.91 Å². The number of nitrogens with one attached hydrogen (secondary N) is 2. The zero-order chi connectivity index (χ0) is 30.8. The number of imidazole rings is 1. The van der Waals surface area contributed by atoms with Crippen LogP contribution in [0.5, 0.6) is 11.5 Å². The first-order chi connectivity index (χ1) is 20.3. The molecule has 0 aliphatic heterocycles. The maximum atomic E-state index is 13.8. The molecule has 43 heavy (non-hydrogen) atoms. The predicted molar refractivity (Wildman–Crippen MR) is 154 cm³/mol. The summed E-state index contributed by atoms with van der Waals surface area (Å²) in [6.07, 6.45) is -0.356. The number of halogens is 4. The highest BCUT2D eigenvalue weighted by Gasteiger charge is 2.35. The summed E-state index contributed by atoms with van der Waals surface area (Å²) in [6.45, 7) is 6.39. The Morgan fingerprint density at radius 3 is 2.53 bits per heavy atom. The van der Waals surface area contributed by atoms with Crippen molar-refractivity contribution in [3.8, 4) is 11.5 Å². The lowest BCUT2D eigenvalue weighted by atomic mass is 9.70. The van der Waals surface area contributed by atoms with Gasteiger partial charge in [0.05, 0.1) is 23.3 Å². The van der Waals surface area contributed by atoms with Crippen LogP contribution in [0.4, 0.5) is 29.2 Å². The third kappa shape index (κ3) is 7.74. The second kappa shape index (κ2) is 12.1. The Hall–Kier alpha value is -4.35. The van der Waals surface area contributed by atoms with Gasteiger partial charge in [-0.15, -0.1) is 13.2 Å². The zero-order valence-electron chi connectivity index (χ0n) is 24.0. The van der Waals surface area contributed by atoms with Gasteiger partial charge < -0.3 is 24.7 Å². The van der Waals surface area contributed by atoms with E-state index in [0.717, 1.165) is 24.8 Å². The molecule has 12 heteroatoms. The second-order valence-corrected chi connectivity index (χ2v) is 11.7. The molecule has 2 N–H and O–H groups in total. The van der Waals surface area contributed by atoms with Crippen molar-refractivity contribution in [2.24, 2.45) is 11.3 Å². The highest BCUT2D eigenvalue weighted by atomic mass is 19.4. The number of hydrogen-bond acceptors (Lipinski definition) is 6. The molecule has 8 nitrogen and oxygen atoms in total. The highest BCUT2D eigenvalue weighted by Crippen LogP contribution is 2.46. The Morgan fingerprint density at radius 2 is 1.84 bits per heavy atom. The molecule has 2 heterocycles. The van der Waals surface area contributed by atoms with E-state index >= 15 is 0 Å². The lowest BCUT2D eigenvalue weighted by molar-refractivity contribution is -0.274. The van der Waals surface area contributed by atoms with Crippen LogP contribution in [0.1, 0.15) is 51.8 Å². The van der Waals surface area contributed by atoms with Gasteiger partial charge in [-0.05, 0) is 79.1 Å². The summed E-state index contributed by atoms with van der Waals surface area (Å²) in [7, 11) is 0. The predicted octanol–water partition coefficient (Wildman–Crippen LogP) is 7.30. The number of anilines is 2. The van der Waals surface area contributed by atoms with Crippen molar-refractivity contribution >= 4 is 28.6 Å². The molecule has 0 bridgehead atoms. The molecule has 0 radical (unpaired) electrons. The summed E-state index contributed by atoms with van der Waals surface area (Å²) in [5.74, 6) is 0.198. The van der Waals surface area contributed by atoms with E-state index in [4.69, 9.17) is 9.72 Å². The minimum atomic E-state index is -4.77. The van der Waals surface area contributed by atoms with Crippen molar-refractivity contribution in [2.75, 3.05) is 11.9 Å². The summed E-state index contributed by atoms with van der Waals surface area (Å²) < 4.78 is 63.5. The molecule has 1 saturated carbocycles. The molecule has 2 aromatic carbocycles. The molecule has 2 atom stereocenters. The van der Waals surface area contributed by atoms with Crippen LogP contribution in [-0.2, 0) is 11.3 Å². The molecule has 5 rings (SSSR count). The second-order valence-electron chi connectivity index (χ2n) is 11.7. The number of ether oxygens (including phenoxy) is 2. The first-order valence-electron chi connectivity index (χ1n) is 14.0. The third-order valence-corrected chi connectivity index (χ3v) is 7.39. The fourth-order valence-electron chi connectivity index (χ4n) is 5.92. The molecule has 4 aromatic rings. The first-order valence-corrected chi connectivity index (χ1v) is 14.0. The minimum absolute atomic E-state index is 0.0627. The Balaban J connectivity index is 1.36. The smallest absolute Gasteiger partial charge is 0.484 e. The largest absolute Gasteiger partial charge is 0.573 e. The Bertz CT molecular complexity index is 1590. The van der Waals surface area contributed by atoms with Crippen LogP contribution in [0.25, 0.3) is 11.0 Å². The number of hydrogen-bond donors (Lipinski definition) is 2. The van der Waals surface area contributed by atoms with Gasteiger partial charge in [-0.2, -0.15) is 0 Å². The van der Waals surface area contributed by atoms with Crippen molar-refractivity contribution < 1.29 is 31.8 Å². The number of nitrogens with zero attached hydrogens (tertiary/aromatic N) is 3. The number of rotatable bonds is 9. The molecule has 1 fully saturated rings. The van der Waals surface area contributed by atoms with Crippen molar-refractivity contribution in [3.05, 3.63) is 72.3 Å². The van der Waals surface area contributed by atoms with E-state index in [1.165, 1.54) is 42.6 Å². The van der Waals surface area contributed by atoms with Crippen molar-refractivity contribution in [2.45, 2.75) is 59.0 Å². The minimum Gasteiger partial charge on any atom is -0.484 e. The molecule has 1 amide bonds. The maximum absolute atomic E-state index is 13.8. The van der Waals surface area contributed by atoms with E-state index in [0.29, 0.717) is 28.8 Å². The lowest BCUT2D eigenvalue weighted by Crippen LogP contribution is -2.29. The van der Waals surface area contributed by atoms with Crippen LogP contribution < -0.4 is 20.1 Å². The molecular formula is C31H33F4N5O3. The van der Waals surface area contributed by atoms with Crippen molar-refractivity contribution in [1.82, 2.24) is 19.9 Å². The van der Waals surface area contributed by atoms with Gasteiger partial charge in [-0.1, -0.05) is 20.8 Å². The number of aromatic nitrogens is 3. The van der Waals surface area contributed by atoms with Crippen LogP contribution in [0, 0.1) is 17.2 Å². The summed E-state index contributed by atoms with van der Waals surface area (Å²) in [4.78, 5) is 21.1. The van der Waals surface area contributed by atoms with Crippen LogP contribution >= 0.6 is 0 Å². The van der Waals surface area contributed by atoms with E-state index in [2.05, 4.69) is 45.7 Å². The topological polar surface area (TPSA) is 90.3 Å². The molecular weight excluding hydrogens is 566 g/mol. The van der Waals surface area contributed by atoms with E-state index < -0.39 is 18.1 Å². The van der Waals surface area contributed by atoms with Gasteiger partial charge in [0.15, 0.2) is 6.61 Å². The van der Waals surface area contributed by atoms with E-state index in [9.17, 15) is 22.4 Å². The van der Waals surface area contributed by atoms with Gasteiger partial charge in [-0.25, -0.2) is 9.37 Å². The van der Waals surface area contributed by atoms with Gasteiger partial charge >= 0.3 is 6.36 Å². The van der Waals surface area contributed by atoms with Gasteiger partial charge in [0.2, 0.25) is 5.95 Å². The van der Waals surface area contributed by atoms with Crippen LogP contribution in [0.15, 0.2) is 60.8 Å². The summed E-state index contributed by atoms with van der Waals surface area (Å²) >= 11 is 0. The number of benzene rings is 2. The fourth-order valence-corrected chi connectivity index (χ4v) is 5.92. The molecule has 228 valence electrons. The average molecular weight is 600 g/mol. The Morgan fingerprint density at radius 1 is 1.09 bits per heavy atom. The number of amides is 1. The van der Waals surface area contributed by atoms with Crippen molar-refractivity contribution in [3.63, 3.8) is 0 Å². The van der Waals surface area contributed by atoms with Crippen molar-refractivity contribution in [1.29, 1.82) is 0 Å². The average Bonchev–Trinajstić information content (AvgIpc) is 3.27. The molecule has 0 spiro atoms. The van der Waals surface area contributed by atoms with Gasteiger partial charge in [0.1, 0.15) is 17.3 Å².